The molecule has 0 spiro atoms. The van der Waals surface area contributed by atoms with Crippen molar-refractivity contribution in [2.45, 2.75) is 44.6 Å². The Labute approximate surface area is 144 Å². The molecule has 1 amide bonds. The lowest BCUT2D eigenvalue weighted by atomic mass is 9.79. The summed E-state index contributed by atoms with van der Waals surface area (Å²) >= 11 is 0. The van der Waals surface area contributed by atoms with E-state index in [1.807, 2.05) is 13.0 Å². The van der Waals surface area contributed by atoms with Crippen LogP contribution in [0.15, 0.2) is 18.2 Å². The van der Waals surface area contributed by atoms with Crippen LogP contribution in [0.3, 0.4) is 0 Å². The van der Waals surface area contributed by atoms with Gasteiger partial charge in [-0.25, -0.2) is 0 Å². The van der Waals surface area contributed by atoms with E-state index < -0.39 is 0 Å². The Hall–Kier alpha value is -1.59. The number of ether oxygens (including phenoxy) is 1. The molecule has 0 atom stereocenters. The topological polar surface area (TPSA) is 61.8 Å². The molecule has 1 aliphatic heterocycles. The van der Waals surface area contributed by atoms with Crippen molar-refractivity contribution in [3.05, 3.63) is 29.3 Å². The van der Waals surface area contributed by atoms with Crippen LogP contribution >= 0.6 is 0 Å². The summed E-state index contributed by atoms with van der Waals surface area (Å²) in [7, 11) is 0. The number of phenols is 1. The van der Waals surface area contributed by atoms with Gasteiger partial charge >= 0.3 is 0 Å². The maximum atomic E-state index is 12.5. The van der Waals surface area contributed by atoms with Crippen LogP contribution in [0.4, 0.5) is 0 Å². The molecule has 5 nitrogen and oxygen atoms in total. The normalized spacial score (nSPS) is 21.4. The van der Waals surface area contributed by atoms with Crippen LogP contribution in [-0.2, 0) is 4.74 Å². The molecule has 5 heteroatoms. The second-order valence-corrected chi connectivity index (χ2v) is 7.09. The molecule has 1 saturated carbocycles. The van der Waals surface area contributed by atoms with Crippen LogP contribution in [0.1, 0.15) is 48.0 Å². The monoisotopic (exact) mass is 332 g/mol. The number of carbonyl (C=O) groups excluding carboxylic acids is 1. The molecule has 0 aromatic heterocycles. The first-order chi connectivity index (χ1) is 11.6. The number of rotatable bonds is 4. The second-order valence-electron chi connectivity index (χ2n) is 7.09. The van der Waals surface area contributed by atoms with Crippen LogP contribution in [0.5, 0.6) is 5.75 Å². The molecule has 0 radical (unpaired) electrons. The predicted molar refractivity (Wildman–Crippen MR) is 93.4 cm³/mol. The van der Waals surface area contributed by atoms with E-state index in [0.29, 0.717) is 12.1 Å². The molecular formula is C19H28N2O3. The molecule has 2 N–H and O–H groups in total. The van der Waals surface area contributed by atoms with Crippen LogP contribution < -0.4 is 5.32 Å². The van der Waals surface area contributed by atoms with E-state index in [2.05, 4.69) is 10.2 Å². The fourth-order valence-electron chi connectivity index (χ4n) is 4.03. The molecule has 24 heavy (non-hydrogen) atoms. The fraction of sp³-hybridized carbons (Fsp3) is 0.632. The van der Waals surface area contributed by atoms with E-state index in [1.54, 1.807) is 12.1 Å². The highest BCUT2D eigenvalue weighted by molar-refractivity contribution is 5.96. The van der Waals surface area contributed by atoms with E-state index in [0.717, 1.165) is 44.7 Å². The van der Waals surface area contributed by atoms with Crippen molar-refractivity contribution in [1.82, 2.24) is 10.2 Å². The van der Waals surface area contributed by atoms with Crippen molar-refractivity contribution < 1.29 is 14.6 Å². The number of carbonyl (C=O) groups is 1. The zero-order chi connectivity index (χ0) is 17.0. The van der Waals surface area contributed by atoms with E-state index in [4.69, 9.17) is 4.74 Å². The third kappa shape index (κ3) is 3.73. The molecule has 132 valence electrons. The predicted octanol–water partition coefficient (Wildman–Crippen LogP) is 2.47. The third-order valence-electron chi connectivity index (χ3n) is 5.44. The summed E-state index contributed by atoms with van der Waals surface area (Å²) in [6, 6.07) is 5.18. The number of hydrogen-bond acceptors (Lipinski definition) is 4. The van der Waals surface area contributed by atoms with Crippen molar-refractivity contribution in [1.29, 1.82) is 0 Å². The van der Waals surface area contributed by atoms with Crippen LogP contribution in [0.2, 0.25) is 0 Å². The Morgan fingerprint density at radius 1 is 1.25 bits per heavy atom. The van der Waals surface area contributed by atoms with Gasteiger partial charge < -0.3 is 15.2 Å². The number of phenolic OH excluding ortho intramolecular Hbond substituents is 1. The summed E-state index contributed by atoms with van der Waals surface area (Å²) in [5.41, 5.74) is 1.34. The summed E-state index contributed by atoms with van der Waals surface area (Å²) in [4.78, 5) is 15.0. The van der Waals surface area contributed by atoms with Crippen molar-refractivity contribution >= 4 is 5.91 Å². The standard InChI is InChI=1S/C19H28N2O3/c1-15-5-6-16(17(22)13-15)18(23)20-14-19(7-3-2-4-8-19)21-9-11-24-12-10-21/h5-6,13,22H,2-4,7-12,14H2,1H3,(H,20,23). The molecule has 1 aromatic rings. The number of hydrogen-bond donors (Lipinski definition) is 2. The minimum absolute atomic E-state index is 0.0397. The Balaban J connectivity index is 1.69. The lowest BCUT2D eigenvalue weighted by molar-refractivity contribution is -0.0361. The number of nitrogens with zero attached hydrogens (tertiary/aromatic N) is 1. The van der Waals surface area contributed by atoms with E-state index in [1.165, 1.54) is 19.3 Å². The summed E-state index contributed by atoms with van der Waals surface area (Å²) in [6.07, 6.45) is 5.94. The lowest BCUT2D eigenvalue weighted by Gasteiger charge is -2.48. The highest BCUT2D eigenvalue weighted by Gasteiger charge is 2.38. The first-order valence-corrected chi connectivity index (χ1v) is 9.01. The molecule has 0 bridgehead atoms. The molecule has 2 aliphatic rings. The Morgan fingerprint density at radius 3 is 2.62 bits per heavy atom. The van der Waals surface area contributed by atoms with Gasteiger partial charge in [0.25, 0.3) is 5.91 Å². The lowest BCUT2D eigenvalue weighted by Crippen LogP contribution is -2.59. The van der Waals surface area contributed by atoms with Crippen molar-refractivity contribution in [3.63, 3.8) is 0 Å². The summed E-state index contributed by atoms with van der Waals surface area (Å²) in [6.45, 7) is 5.95. The van der Waals surface area contributed by atoms with Crippen LogP contribution in [-0.4, -0.2) is 54.3 Å². The van der Waals surface area contributed by atoms with Crippen molar-refractivity contribution in [2.24, 2.45) is 0 Å². The Morgan fingerprint density at radius 2 is 1.96 bits per heavy atom. The zero-order valence-corrected chi connectivity index (χ0v) is 14.5. The quantitative estimate of drug-likeness (QED) is 0.889. The number of aromatic hydroxyl groups is 1. The Bertz CT molecular complexity index is 576. The smallest absolute Gasteiger partial charge is 0.255 e. The van der Waals surface area contributed by atoms with Gasteiger partial charge in [0, 0.05) is 25.2 Å². The van der Waals surface area contributed by atoms with Crippen LogP contribution in [0.25, 0.3) is 0 Å². The number of morpholine rings is 1. The van der Waals surface area contributed by atoms with Crippen molar-refractivity contribution in [2.75, 3.05) is 32.8 Å². The molecule has 1 heterocycles. The van der Waals surface area contributed by atoms with Crippen LogP contribution in [0, 0.1) is 6.92 Å². The van der Waals surface area contributed by atoms with Gasteiger partial charge in [0.05, 0.1) is 18.8 Å². The number of benzene rings is 1. The minimum atomic E-state index is -0.189. The van der Waals surface area contributed by atoms with Gasteiger partial charge in [0.2, 0.25) is 0 Å². The van der Waals surface area contributed by atoms with Gasteiger partial charge in [-0.1, -0.05) is 25.3 Å². The summed E-state index contributed by atoms with van der Waals surface area (Å²) in [5.74, 6) is -0.137. The van der Waals surface area contributed by atoms with E-state index >= 15 is 0 Å². The summed E-state index contributed by atoms with van der Waals surface area (Å²) in [5, 5.41) is 13.1. The molecule has 1 aromatic carbocycles. The average Bonchev–Trinajstić information content (AvgIpc) is 2.61. The van der Waals surface area contributed by atoms with Gasteiger partial charge in [0.15, 0.2) is 0 Å². The number of nitrogens with one attached hydrogen (secondary N) is 1. The fourth-order valence-corrected chi connectivity index (χ4v) is 4.03. The van der Waals surface area contributed by atoms with Gasteiger partial charge in [-0.05, 0) is 37.5 Å². The number of aryl methyl sites for hydroxylation is 1. The minimum Gasteiger partial charge on any atom is -0.507 e. The highest BCUT2D eigenvalue weighted by atomic mass is 16.5. The highest BCUT2D eigenvalue weighted by Crippen LogP contribution is 2.34. The largest absolute Gasteiger partial charge is 0.507 e. The SMILES string of the molecule is Cc1ccc(C(=O)NCC2(N3CCOCC3)CCCCC2)c(O)c1. The molecule has 1 aliphatic carbocycles. The average molecular weight is 332 g/mol. The van der Waals surface area contributed by atoms with E-state index in [-0.39, 0.29) is 17.2 Å². The van der Waals surface area contributed by atoms with Crippen molar-refractivity contribution in [3.8, 4) is 5.75 Å². The van der Waals surface area contributed by atoms with Gasteiger partial charge in [-0.15, -0.1) is 0 Å². The van der Waals surface area contributed by atoms with Gasteiger partial charge in [-0.2, -0.15) is 0 Å². The maximum Gasteiger partial charge on any atom is 0.255 e. The molecule has 0 unspecified atom stereocenters. The van der Waals surface area contributed by atoms with Gasteiger partial charge in [-0.3, -0.25) is 9.69 Å². The van der Waals surface area contributed by atoms with Gasteiger partial charge in [0.1, 0.15) is 5.75 Å². The Kier molecular flexibility index (Phi) is 5.41. The first-order valence-electron chi connectivity index (χ1n) is 9.01. The zero-order valence-electron chi connectivity index (χ0n) is 14.5. The molecule has 3 rings (SSSR count). The first kappa shape index (κ1) is 17.2. The maximum absolute atomic E-state index is 12.5. The molecule has 2 fully saturated rings. The van der Waals surface area contributed by atoms with E-state index in [9.17, 15) is 9.90 Å². The third-order valence-corrected chi connectivity index (χ3v) is 5.44. The number of amides is 1. The molecule has 1 saturated heterocycles. The summed E-state index contributed by atoms with van der Waals surface area (Å²) < 4.78 is 5.50. The molecular weight excluding hydrogens is 304 g/mol. The second kappa shape index (κ2) is 7.53.